The number of rotatable bonds is 8. The maximum Gasteiger partial charge on any atom is 0.309 e. The van der Waals surface area contributed by atoms with Crippen molar-refractivity contribution >= 4 is 11.8 Å². The highest BCUT2D eigenvalue weighted by Crippen LogP contribution is 2.26. The molecule has 0 spiro atoms. The summed E-state index contributed by atoms with van der Waals surface area (Å²) >= 11 is 0. The van der Waals surface area contributed by atoms with E-state index in [4.69, 9.17) is 4.74 Å². The van der Waals surface area contributed by atoms with Crippen LogP contribution in [0.2, 0.25) is 0 Å². The number of carbonyl (C=O) groups is 2. The zero-order valence-electron chi connectivity index (χ0n) is 14.8. The van der Waals surface area contributed by atoms with Crippen LogP contribution >= 0.6 is 0 Å². The van der Waals surface area contributed by atoms with Crippen molar-refractivity contribution in [3.05, 3.63) is 28.8 Å². The van der Waals surface area contributed by atoms with Crippen molar-refractivity contribution in [1.29, 1.82) is 0 Å². The van der Waals surface area contributed by atoms with Crippen molar-refractivity contribution in [3.8, 4) is 5.75 Å². The molecule has 1 aromatic carbocycles. The minimum atomic E-state index is -0.435. The highest BCUT2D eigenvalue weighted by atomic mass is 16.5. The van der Waals surface area contributed by atoms with Gasteiger partial charge in [-0.05, 0) is 55.5 Å². The van der Waals surface area contributed by atoms with Crippen LogP contribution in [0.4, 0.5) is 0 Å². The average Bonchev–Trinajstić information content (AvgIpc) is 2.50. The lowest BCUT2D eigenvalue weighted by Crippen LogP contribution is -2.30. The van der Waals surface area contributed by atoms with E-state index in [1.165, 1.54) is 0 Å². The van der Waals surface area contributed by atoms with Gasteiger partial charge in [-0.15, -0.1) is 0 Å². The minimum absolute atomic E-state index is 0.0524. The van der Waals surface area contributed by atoms with Crippen LogP contribution in [0.3, 0.4) is 0 Å². The monoisotopic (exact) mass is 320 g/mol. The van der Waals surface area contributed by atoms with Crippen LogP contribution < -0.4 is 0 Å². The normalized spacial score (nSPS) is 13.4. The summed E-state index contributed by atoms with van der Waals surface area (Å²) in [5.41, 5.74) is 2.85. The Hall–Kier alpha value is -1.84. The van der Waals surface area contributed by atoms with E-state index in [0.29, 0.717) is 13.0 Å². The first-order chi connectivity index (χ1) is 10.8. The summed E-state index contributed by atoms with van der Waals surface area (Å²) in [6.07, 6.45) is 1.65. The first-order valence-corrected chi connectivity index (χ1v) is 8.36. The van der Waals surface area contributed by atoms with Gasteiger partial charge >= 0.3 is 5.97 Å². The number of phenolic OH excluding ortho intramolecular Hbond substituents is 1. The molecule has 0 radical (unpaired) electrons. The van der Waals surface area contributed by atoms with Crippen LogP contribution in [0.1, 0.15) is 50.8 Å². The lowest BCUT2D eigenvalue weighted by molar-refractivity contribution is -0.151. The number of Topliss-reactive ketones (excluding diaryl/α,β-unsaturated/α-hetero) is 1. The number of carbonyl (C=O) groups excluding carboxylic acids is 2. The summed E-state index contributed by atoms with van der Waals surface area (Å²) in [6.45, 7) is 9.67. The second kappa shape index (κ2) is 8.70. The fourth-order valence-corrected chi connectivity index (χ4v) is 3.04. The Morgan fingerprint density at radius 2 is 1.87 bits per heavy atom. The smallest absolute Gasteiger partial charge is 0.309 e. The van der Waals surface area contributed by atoms with Gasteiger partial charge in [-0.3, -0.25) is 9.59 Å². The summed E-state index contributed by atoms with van der Waals surface area (Å²) in [7, 11) is 0. The van der Waals surface area contributed by atoms with Gasteiger partial charge in [0, 0.05) is 12.3 Å². The van der Waals surface area contributed by atoms with Gasteiger partial charge in [0.25, 0.3) is 0 Å². The predicted molar refractivity (Wildman–Crippen MR) is 90.5 cm³/mol. The maximum absolute atomic E-state index is 12.7. The molecule has 0 aliphatic carbocycles. The van der Waals surface area contributed by atoms with Crippen LogP contribution in [0, 0.1) is 18.8 Å². The third kappa shape index (κ3) is 4.81. The molecule has 2 unspecified atom stereocenters. The zero-order valence-corrected chi connectivity index (χ0v) is 14.8. The second-order valence-corrected chi connectivity index (χ2v) is 5.95. The van der Waals surface area contributed by atoms with E-state index in [1.54, 1.807) is 26.0 Å². The van der Waals surface area contributed by atoms with Crippen molar-refractivity contribution < 1.29 is 19.4 Å². The van der Waals surface area contributed by atoms with E-state index in [-0.39, 0.29) is 29.8 Å². The van der Waals surface area contributed by atoms with Gasteiger partial charge in [0.2, 0.25) is 0 Å². The summed E-state index contributed by atoms with van der Waals surface area (Å²) in [5, 5.41) is 9.71. The van der Waals surface area contributed by atoms with Crippen LogP contribution in [0.25, 0.3) is 0 Å². The molecule has 0 heterocycles. The van der Waals surface area contributed by atoms with E-state index in [0.717, 1.165) is 23.1 Å². The van der Waals surface area contributed by atoms with Crippen LogP contribution in [-0.4, -0.2) is 23.5 Å². The number of aryl methyl sites for hydroxylation is 2. The molecular weight excluding hydrogens is 292 g/mol. The number of ketones is 1. The third-order valence-corrected chi connectivity index (χ3v) is 4.40. The van der Waals surface area contributed by atoms with E-state index in [2.05, 4.69) is 0 Å². The largest absolute Gasteiger partial charge is 0.508 e. The molecule has 1 N–H and O–H groups in total. The standard InChI is InChI=1S/C19H28O4/c1-6-14-10-15(20)9-12(4)17(14)11-18(21)16(7-2)13(5)19(22)23-8-3/h9-10,13,16,20H,6-8,11H2,1-5H3. The summed E-state index contributed by atoms with van der Waals surface area (Å²) in [5.74, 6) is -0.813. The molecule has 0 bridgehead atoms. The Labute approximate surface area is 138 Å². The second-order valence-electron chi connectivity index (χ2n) is 5.95. The highest BCUT2D eigenvalue weighted by molar-refractivity contribution is 5.88. The van der Waals surface area contributed by atoms with Crippen LogP contribution in [0.5, 0.6) is 5.75 Å². The van der Waals surface area contributed by atoms with Gasteiger partial charge in [-0.1, -0.05) is 20.8 Å². The van der Waals surface area contributed by atoms with Crippen molar-refractivity contribution in [3.63, 3.8) is 0 Å². The molecule has 4 nitrogen and oxygen atoms in total. The van der Waals surface area contributed by atoms with E-state index >= 15 is 0 Å². The average molecular weight is 320 g/mol. The number of hydrogen-bond donors (Lipinski definition) is 1. The van der Waals surface area contributed by atoms with E-state index in [1.807, 2.05) is 20.8 Å². The number of hydrogen-bond acceptors (Lipinski definition) is 4. The fraction of sp³-hybridized carbons (Fsp3) is 0.579. The lowest BCUT2D eigenvalue weighted by Gasteiger charge is -2.21. The number of aromatic hydroxyl groups is 1. The first kappa shape index (κ1) is 19.2. The molecule has 0 aliphatic rings. The molecule has 0 saturated carbocycles. The first-order valence-electron chi connectivity index (χ1n) is 8.36. The van der Waals surface area contributed by atoms with Gasteiger partial charge in [-0.2, -0.15) is 0 Å². The summed E-state index contributed by atoms with van der Waals surface area (Å²) < 4.78 is 5.05. The number of benzene rings is 1. The summed E-state index contributed by atoms with van der Waals surface area (Å²) in [6, 6.07) is 3.39. The van der Waals surface area contributed by atoms with Crippen molar-refractivity contribution in [2.75, 3.05) is 6.61 Å². The lowest BCUT2D eigenvalue weighted by atomic mass is 9.83. The quantitative estimate of drug-likeness (QED) is 0.743. The Bertz CT molecular complexity index is 563. The van der Waals surface area contributed by atoms with E-state index in [9.17, 15) is 14.7 Å². The number of phenols is 1. The maximum atomic E-state index is 12.7. The molecular formula is C19H28O4. The molecule has 1 aromatic rings. The van der Waals surface area contributed by atoms with Crippen molar-refractivity contribution in [2.24, 2.45) is 11.8 Å². The van der Waals surface area contributed by atoms with Crippen LogP contribution in [0.15, 0.2) is 12.1 Å². The Morgan fingerprint density at radius 1 is 1.22 bits per heavy atom. The molecule has 0 amide bonds. The minimum Gasteiger partial charge on any atom is -0.508 e. The highest BCUT2D eigenvalue weighted by Gasteiger charge is 2.30. The molecule has 0 fully saturated rings. The topological polar surface area (TPSA) is 63.6 Å². The Morgan fingerprint density at radius 3 is 2.39 bits per heavy atom. The Kier molecular flexibility index (Phi) is 7.27. The summed E-state index contributed by atoms with van der Waals surface area (Å²) in [4.78, 5) is 24.7. The predicted octanol–water partition coefficient (Wildman–Crippen LogP) is 3.60. The molecule has 2 atom stereocenters. The van der Waals surface area contributed by atoms with E-state index < -0.39 is 5.92 Å². The van der Waals surface area contributed by atoms with Gasteiger partial charge < -0.3 is 9.84 Å². The SMILES string of the molecule is CCOC(=O)C(C)C(CC)C(=O)Cc1c(C)cc(O)cc1CC. The van der Waals surface area contributed by atoms with Crippen LogP contribution in [-0.2, 0) is 27.2 Å². The zero-order chi connectivity index (χ0) is 17.6. The fourth-order valence-electron chi connectivity index (χ4n) is 3.04. The van der Waals surface area contributed by atoms with Gasteiger partial charge in [0.05, 0.1) is 12.5 Å². The number of esters is 1. The molecule has 0 aliphatic heterocycles. The van der Waals surface area contributed by atoms with Gasteiger partial charge in [0.15, 0.2) is 0 Å². The molecule has 128 valence electrons. The number of ether oxygens (including phenoxy) is 1. The third-order valence-electron chi connectivity index (χ3n) is 4.40. The molecule has 1 rings (SSSR count). The molecule has 4 heteroatoms. The van der Waals surface area contributed by atoms with Crippen molar-refractivity contribution in [2.45, 2.75) is 53.9 Å². The van der Waals surface area contributed by atoms with Gasteiger partial charge in [0.1, 0.15) is 11.5 Å². The molecule has 0 aromatic heterocycles. The molecule has 0 saturated heterocycles. The van der Waals surface area contributed by atoms with Crippen molar-refractivity contribution in [1.82, 2.24) is 0 Å². The molecule has 23 heavy (non-hydrogen) atoms. The van der Waals surface area contributed by atoms with Gasteiger partial charge in [-0.25, -0.2) is 0 Å². The Balaban J connectivity index is 2.99.